The summed E-state index contributed by atoms with van der Waals surface area (Å²) in [7, 11) is 3.13. The minimum atomic E-state index is -0.448. The van der Waals surface area contributed by atoms with Gasteiger partial charge in [-0.1, -0.05) is 22.0 Å². The van der Waals surface area contributed by atoms with Crippen LogP contribution in [-0.4, -0.2) is 14.2 Å². The molecule has 0 N–H and O–H groups in total. The van der Waals surface area contributed by atoms with Gasteiger partial charge in [-0.25, -0.2) is 4.39 Å². The van der Waals surface area contributed by atoms with Crippen LogP contribution >= 0.6 is 43.5 Å². The molecular weight excluding hydrogens is 426 g/mol. The molecule has 21 heavy (non-hydrogen) atoms. The number of alkyl halides is 1. The lowest BCUT2D eigenvalue weighted by Crippen LogP contribution is -1.98. The van der Waals surface area contributed by atoms with Crippen molar-refractivity contribution in [1.82, 2.24) is 0 Å². The normalized spacial score (nSPS) is 12.1. The van der Waals surface area contributed by atoms with Gasteiger partial charge in [0.25, 0.3) is 0 Å². The first kappa shape index (κ1) is 16.6. The van der Waals surface area contributed by atoms with Crippen molar-refractivity contribution in [1.29, 1.82) is 0 Å². The Morgan fingerprint density at radius 2 is 1.62 bits per heavy atom. The Balaban J connectivity index is 2.47. The molecule has 0 heterocycles. The molecule has 0 spiro atoms. The van der Waals surface area contributed by atoms with Crippen molar-refractivity contribution in [2.24, 2.45) is 0 Å². The highest BCUT2D eigenvalue weighted by atomic mass is 79.9. The van der Waals surface area contributed by atoms with E-state index in [1.807, 2.05) is 0 Å². The van der Waals surface area contributed by atoms with Crippen molar-refractivity contribution in [2.45, 2.75) is 5.38 Å². The van der Waals surface area contributed by atoms with E-state index in [2.05, 4.69) is 31.9 Å². The number of hydrogen-bond acceptors (Lipinski definition) is 2. The van der Waals surface area contributed by atoms with Crippen LogP contribution in [0.3, 0.4) is 0 Å². The van der Waals surface area contributed by atoms with Crippen LogP contribution in [0.1, 0.15) is 16.5 Å². The van der Waals surface area contributed by atoms with Crippen molar-refractivity contribution in [3.05, 3.63) is 56.2 Å². The van der Waals surface area contributed by atoms with Crippen LogP contribution in [0, 0.1) is 5.82 Å². The molecule has 0 amide bonds. The Kier molecular flexibility index (Phi) is 5.52. The van der Waals surface area contributed by atoms with E-state index in [0.717, 1.165) is 15.6 Å². The lowest BCUT2D eigenvalue weighted by Gasteiger charge is -2.16. The summed E-state index contributed by atoms with van der Waals surface area (Å²) in [6.07, 6.45) is 0. The second-order valence-corrected chi connectivity index (χ2v) is 6.41. The standard InChI is InChI=1S/C15H12Br2ClFO2/c1-20-13-6-9(10(16)7-14(13)21-2)15(18)8-3-4-12(19)11(17)5-8/h3-7,15H,1-2H3. The average Bonchev–Trinajstić information content (AvgIpc) is 2.49. The molecule has 6 heteroatoms. The van der Waals surface area contributed by atoms with Gasteiger partial charge in [0.1, 0.15) is 5.82 Å². The number of rotatable bonds is 4. The van der Waals surface area contributed by atoms with Crippen molar-refractivity contribution in [3.8, 4) is 11.5 Å². The Labute approximate surface area is 144 Å². The van der Waals surface area contributed by atoms with Gasteiger partial charge in [0.05, 0.1) is 24.1 Å². The minimum absolute atomic E-state index is 0.325. The topological polar surface area (TPSA) is 18.5 Å². The Hall–Kier alpha value is -0.780. The molecule has 0 saturated heterocycles. The predicted octanol–water partition coefficient (Wildman–Crippen LogP) is 5.70. The Morgan fingerprint density at radius 1 is 1.00 bits per heavy atom. The number of methoxy groups -OCH3 is 2. The molecule has 112 valence electrons. The van der Waals surface area contributed by atoms with Crippen LogP contribution in [0.2, 0.25) is 0 Å². The van der Waals surface area contributed by atoms with Gasteiger partial charge in [0.2, 0.25) is 0 Å². The fraction of sp³-hybridized carbons (Fsp3) is 0.200. The first-order valence-corrected chi connectivity index (χ1v) is 8.00. The van der Waals surface area contributed by atoms with Gasteiger partial charge in [-0.05, 0) is 51.3 Å². The van der Waals surface area contributed by atoms with E-state index in [0.29, 0.717) is 16.0 Å². The van der Waals surface area contributed by atoms with Crippen molar-refractivity contribution in [2.75, 3.05) is 14.2 Å². The third-order valence-corrected chi connectivity index (χ3v) is 4.79. The Morgan fingerprint density at radius 3 is 2.19 bits per heavy atom. The molecule has 2 aromatic rings. The van der Waals surface area contributed by atoms with Gasteiger partial charge in [0, 0.05) is 4.47 Å². The summed E-state index contributed by atoms with van der Waals surface area (Å²) in [5.41, 5.74) is 1.59. The average molecular weight is 439 g/mol. The van der Waals surface area contributed by atoms with Gasteiger partial charge in [-0.3, -0.25) is 0 Å². The fourth-order valence-electron chi connectivity index (χ4n) is 1.91. The third kappa shape index (κ3) is 3.52. The summed E-state index contributed by atoms with van der Waals surface area (Å²) in [4.78, 5) is 0. The van der Waals surface area contributed by atoms with Crippen molar-refractivity contribution < 1.29 is 13.9 Å². The van der Waals surface area contributed by atoms with E-state index in [1.165, 1.54) is 6.07 Å². The van der Waals surface area contributed by atoms with Crippen LogP contribution in [0.15, 0.2) is 39.3 Å². The molecule has 0 bridgehead atoms. The molecule has 0 aliphatic rings. The molecule has 0 aromatic heterocycles. The monoisotopic (exact) mass is 436 g/mol. The molecule has 2 aromatic carbocycles. The summed E-state index contributed by atoms with van der Waals surface area (Å²) in [6, 6.07) is 8.29. The highest BCUT2D eigenvalue weighted by molar-refractivity contribution is 9.10. The van der Waals surface area contributed by atoms with E-state index in [-0.39, 0.29) is 5.82 Å². The SMILES string of the molecule is COc1cc(Br)c(C(Cl)c2ccc(F)c(Br)c2)cc1OC. The van der Waals surface area contributed by atoms with E-state index in [9.17, 15) is 4.39 Å². The summed E-state index contributed by atoms with van der Waals surface area (Å²) in [5, 5.41) is -0.448. The molecule has 0 aliphatic heterocycles. The largest absolute Gasteiger partial charge is 0.493 e. The molecule has 2 nitrogen and oxygen atoms in total. The van der Waals surface area contributed by atoms with Crippen LogP contribution in [-0.2, 0) is 0 Å². The number of benzene rings is 2. The fourth-order valence-corrected chi connectivity index (χ4v) is 3.31. The summed E-state index contributed by atoms with van der Waals surface area (Å²) < 4.78 is 25.0. The maximum Gasteiger partial charge on any atom is 0.161 e. The van der Waals surface area contributed by atoms with Gasteiger partial charge in [-0.2, -0.15) is 0 Å². The van der Waals surface area contributed by atoms with Gasteiger partial charge in [0.15, 0.2) is 11.5 Å². The zero-order valence-corrected chi connectivity index (χ0v) is 15.2. The minimum Gasteiger partial charge on any atom is -0.493 e. The predicted molar refractivity (Wildman–Crippen MR) is 89.0 cm³/mol. The lowest BCUT2D eigenvalue weighted by atomic mass is 10.0. The van der Waals surface area contributed by atoms with Crippen LogP contribution in [0.25, 0.3) is 0 Å². The van der Waals surface area contributed by atoms with Gasteiger partial charge >= 0.3 is 0 Å². The van der Waals surface area contributed by atoms with Gasteiger partial charge in [-0.15, -0.1) is 11.6 Å². The Bertz CT molecular complexity index is 664. The molecule has 0 saturated carbocycles. The maximum absolute atomic E-state index is 13.3. The first-order valence-electron chi connectivity index (χ1n) is 5.98. The second-order valence-electron chi connectivity index (χ2n) is 4.26. The van der Waals surface area contributed by atoms with E-state index >= 15 is 0 Å². The van der Waals surface area contributed by atoms with Crippen LogP contribution in [0.5, 0.6) is 11.5 Å². The molecule has 1 atom stereocenters. The molecule has 0 fully saturated rings. The molecule has 2 rings (SSSR count). The summed E-state index contributed by atoms with van der Waals surface area (Å²) >= 11 is 13.2. The number of hydrogen-bond donors (Lipinski definition) is 0. The van der Waals surface area contributed by atoms with Crippen molar-refractivity contribution >= 4 is 43.5 Å². The summed E-state index contributed by atoms with van der Waals surface area (Å²) in [5.74, 6) is 0.869. The van der Waals surface area contributed by atoms with E-state index < -0.39 is 5.38 Å². The van der Waals surface area contributed by atoms with Gasteiger partial charge < -0.3 is 9.47 Å². The van der Waals surface area contributed by atoms with E-state index in [4.69, 9.17) is 21.1 Å². The second kappa shape index (κ2) is 6.99. The summed E-state index contributed by atoms with van der Waals surface area (Å²) in [6.45, 7) is 0. The lowest BCUT2D eigenvalue weighted by molar-refractivity contribution is 0.354. The smallest absolute Gasteiger partial charge is 0.161 e. The van der Waals surface area contributed by atoms with Crippen LogP contribution in [0.4, 0.5) is 4.39 Å². The maximum atomic E-state index is 13.3. The zero-order valence-electron chi connectivity index (χ0n) is 11.3. The zero-order chi connectivity index (χ0) is 15.6. The molecule has 0 radical (unpaired) electrons. The highest BCUT2D eigenvalue weighted by Crippen LogP contribution is 2.41. The first-order chi connectivity index (χ1) is 9.97. The van der Waals surface area contributed by atoms with E-state index in [1.54, 1.807) is 38.5 Å². The number of ether oxygens (including phenoxy) is 2. The van der Waals surface area contributed by atoms with Crippen molar-refractivity contribution in [3.63, 3.8) is 0 Å². The number of halogens is 4. The molecule has 0 aliphatic carbocycles. The molecular formula is C15H12Br2ClFO2. The third-order valence-electron chi connectivity index (χ3n) is 3.01. The quantitative estimate of drug-likeness (QED) is 0.571. The van der Waals surface area contributed by atoms with Crippen LogP contribution < -0.4 is 9.47 Å². The molecule has 1 unspecified atom stereocenters. The highest BCUT2D eigenvalue weighted by Gasteiger charge is 2.18.